The number of hydrogen-bond acceptors (Lipinski definition) is 4. The van der Waals surface area contributed by atoms with Gasteiger partial charge in [0.2, 0.25) is 0 Å². The molecule has 0 saturated carbocycles. The minimum absolute atomic E-state index is 0.650. The molecule has 0 aromatic carbocycles. The van der Waals surface area contributed by atoms with Crippen LogP contribution in [0.4, 0.5) is 0 Å². The Balaban J connectivity index is 1.88. The zero-order valence-electron chi connectivity index (χ0n) is 11.6. The lowest BCUT2D eigenvalue weighted by atomic mass is 10.0. The zero-order valence-corrected chi connectivity index (χ0v) is 11.6. The first kappa shape index (κ1) is 13.5. The molecule has 1 aromatic rings. The molecule has 1 fully saturated rings. The van der Waals surface area contributed by atoms with Crippen molar-refractivity contribution < 1.29 is 0 Å². The smallest absolute Gasteiger partial charge is 0.140 e. The van der Waals surface area contributed by atoms with Crippen LogP contribution in [0.25, 0.3) is 0 Å². The number of hydrogen-bond donors (Lipinski definition) is 1. The Morgan fingerprint density at radius 2 is 2.33 bits per heavy atom. The maximum absolute atomic E-state index is 4.36. The van der Waals surface area contributed by atoms with Crippen molar-refractivity contribution in [2.24, 2.45) is 0 Å². The maximum atomic E-state index is 4.36. The number of nitrogens with one attached hydrogen (secondary N) is 1. The lowest BCUT2D eigenvalue weighted by Crippen LogP contribution is -2.43. The van der Waals surface area contributed by atoms with Crippen LogP contribution in [-0.4, -0.2) is 45.3 Å². The van der Waals surface area contributed by atoms with E-state index < -0.39 is 0 Å². The second-order valence-corrected chi connectivity index (χ2v) is 4.97. The summed E-state index contributed by atoms with van der Waals surface area (Å²) in [6.45, 7) is 9.49. The van der Waals surface area contributed by atoms with E-state index in [1.54, 1.807) is 6.33 Å². The summed E-state index contributed by atoms with van der Waals surface area (Å²) < 4.78 is 1.98. The molecule has 0 aliphatic carbocycles. The average Bonchev–Trinajstić information content (AvgIpc) is 2.86. The summed E-state index contributed by atoms with van der Waals surface area (Å²) in [6, 6.07) is 0.650. The Morgan fingerprint density at radius 1 is 1.44 bits per heavy atom. The lowest BCUT2D eigenvalue weighted by molar-refractivity contribution is 0.219. The van der Waals surface area contributed by atoms with E-state index in [1.807, 2.05) is 4.68 Å². The topological polar surface area (TPSA) is 46.0 Å². The third-order valence-electron chi connectivity index (χ3n) is 3.70. The molecule has 5 heteroatoms. The Bertz CT molecular complexity index is 343. The van der Waals surface area contributed by atoms with E-state index in [2.05, 4.69) is 34.1 Å². The van der Waals surface area contributed by atoms with E-state index in [-0.39, 0.29) is 0 Å². The summed E-state index contributed by atoms with van der Waals surface area (Å²) in [5, 5.41) is 7.84. The molecule has 0 amide bonds. The molecular formula is C13H25N5. The standard InChI is InChI=1S/C13H25N5/c1-3-17(9-12-7-5-6-8-14-12)10-13-15-11-16-18(13)4-2/h11-12,14H,3-10H2,1-2H3. The minimum Gasteiger partial charge on any atom is -0.313 e. The Morgan fingerprint density at radius 3 is 3.00 bits per heavy atom. The van der Waals surface area contributed by atoms with Gasteiger partial charge in [-0.3, -0.25) is 4.90 Å². The van der Waals surface area contributed by atoms with Crippen molar-refractivity contribution >= 4 is 0 Å². The predicted molar refractivity (Wildman–Crippen MR) is 72.3 cm³/mol. The minimum atomic E-state index is 0.650. The molecule has 1 N–H and O–H groups in total. The highest BCUT2D eigenvalue weighted by Crippen LogP contribution is 2.10. The van der Waals surface area contributed by atoms with Gasteiger partial charge in [-0.1, -0.05) is 13.3 Å². The van der Waals surface area contributed by atoms with Gasteiger partial charge in [0.1, 0.15) is 12.2 Å². The van der Waals surface area contributed by atoms with Crippen LogP contribution in [0.15, 0.2) is 6.33 Å². The zero-order chi connectivity index (χ0) is 12.8. The molecule has 18 heavy (non-hydrogen) atoms. The van der Waals surface area contributed by atoms with Gasteiger partial charge in [0.05, 0.1) is 6.54 Å². The second kappa shape index (κ2) is 6.85. The van der Waals surface area contributed by atoms with Crippen LogP contribution in [0, 0.1) is 0 Å². The van der Waals surface area contributed by atoms with Gasteiger partial charge in [-0.15, -0.1) is 0 Å². The van der Waals surface area contributed by atoms with Gasteiger partial charge in [-0.25, -0.2) is 9.67 Å². The van der Waals surface area contributed by atoms with Gasteiger partial charge in [-0.2, -0.15) is 5.10 Å². The largest absolute Gasteiger partial charge is 0.313 e. The molecule has 2 heterocycles. The van der Waals surface area contributed by atoms with Crippen LogP contribution in [0.2, 0.25) is 0 Å². The summed E-state index contributed by atoms with van der Waals surface area (Å²) in [4.78, 5) is 6.82. The number of rotatable bonds is 6. The molecule has 102 valence electrons. The van der Waals surface area contributed by atoms with Crippen molar-refractivity contribution in [1.82, 2.24) is 25.0 Å². The molecule has 0 radical (unpaired) electrons. The van der Waals surface area contributed by atoms with Crippen LogP contribution in [-0.2, 0) is 13.1 Å². The monoisotopic (exact) mass is 251 g/mol. The third kappa shape index (κ3) is 3.53. The van der Waals surface area contributed by atoms with Gasteiger partial charge in [-0.05, 0) is 32.9 Å². The molecular weight excluding hydrogens is 226 g/mol. The molecule has 0 bridgehead atoms. The van der Waals surface area contributed by atoms with Crippen molar-refractivity contribution in [1.29, 1.82) is 0 Å². The van der Waals surface area contributed by atoms with Crippen LogP contribution >= 0.6 is 0 Å². The van der Waals surface area contributed by atoms with Gasteiger partial charge in [0, 0.05) is 19.1 Å². The first-order valence-electron chi connectivity index (χ1n) is 7.16. The van der Waals surface area contributed by atoms with Crippen LogP contribution < -0.4 is 5.32 Å². The quantitative estimate of drug-likeness (QED) is 0.827. The van der Waals surface area contributed by atoms with Crippen molar-refractivity contribution in [3.63, 3.8) is 0 Å². The fraction of sp³-hybridized carbons (Fsp3) is 0.846. The van der Waals surface area contributed by atoms with Crippen molar-refractivity contribution in [2.45, 2.75) is 52.2 Å². The SMILES string of the molecule is CCN(Cc1ncnn1CC)CC1CCCCN1. The third-order valence-corrected chi connectivity index (χ3v) is 3.70. The van der Waals surface area contributed by atoms with Crippen molar-refractivity contribution in [3.05, 3.63) is 12.2 Å². The van der Waals surface area contributed by atoms with Gasteiger partial charge < -0.3 is 5.32 Å². The Labute approximate surface area is 110 Å². The summed E-state index contributed by atoms with van der Waals surface area (Å²) in [5.74, 6) is 1.08. The van der Waals surface area contributed by atoms with E-state index in [4.69, 9.17) is 0 Å². The summed E-state index contributed by atoms with van der Waals surface area (Å²) in [6.07, 6.45) is 5.65. The van der Waals surface area contributed by atoms with Gasteiger partial charge in [0.25, 0.3) is 0 Å². The molecule has 2 rings (SSSR count). The summed E-state index contributed by atoms with van der Waals surface area (Å²) in [5.41, 5.74) is 0. The fourth-order valence-electron chi connectivity index (χ4n) is 2.57. The number of aryl methyl sites for hydroxylation is 1. The van der Waals surface area contributed by atoms with E-state index in [0.717, 1.165) is 32.0 Å². The predicted octanol–water partition coefficient (Wildman–Crippen LogP) is 1.26. The normalized spacial score (nSPS) is 20.5. The average molecular weight is 251 g/mol. The molecule has 1 aliphatic rings. The summed E-state index contributed by atoms with van der Waals surface area (Å²) in [7, 11) is 0. The highest BCUT2D eigenvalue weighted by molar-refractivity contribution is 4.86. The highest BCUT2D eigenvalue weighted by Gasteiger charge is 2.17. The molecule has 0 spiro atoms. The summed E-state index contributed by atoms with van der Waals surface area (Å²) >= 11 is 0. The first-order valence-corrected chi connectivity index (χ1v) is 7.16. The number of piperidine rings is 1. The first-order chi connectivity index (χ1) is 8.83. The second-order valence-electron chi connectivity index (χ2n) is 4.97. The number of likely N-dealkylation sites (N-methyl/N-ethyl adjacent to an activating group) is 1. The number of nitrogens with zero attached hydrogens (tertiary/aromatic N) is 4. The molecule has 1 saturated heterocycles. The molecule has 1 aromatic heterocycles. The van der Waals surface area contributed by atoms with Crippen molar-refractivity contribution in [2.75, 3.05) is 19.6 Å². The van der Waals surface area contributed by atoms with E-state index in [9.17, 15) is 0 Å². The number of aromatic nitrogens is 3. The van der Waals surface area contributed by atoms with Gasteiger partial charge >= 0.3 is 0 Å². The molecule has 1 atom stereocenters. The fourth-order valence-corrected chi connectivity index (χ4v) is 2.57. The van der Waals surface area contributed by atoms with Crippen LogP contribution in [0.1, 0.15) is 38.9 Å². The van der Waals surface area contributed by atoms with Crippen LogP contribution in [0.5, 0.6) is 0 Å². The highest BCUT2D eigenvalue weighted by atomic mass is 15.3. The maximum Gasteiger partial charge on any atom is 0.140 e. The van der Waals surface area contributed by atoms with Crippen molar-refractivity contribution in [3.8, 4) is 0 Å². The van der Waals surface area contributed by atoms with E-state index in [0.29, 0.717) is 6.04 Å². The Kier molecular flexibility index (Phi) is 5.13. The van der Waals surface area contributed by atoms with Crippen LogP contribution in [0.3, 0.4) is 0 Å². The molecule has 1 aliphatic heterocycles. The Hall–Kier alpha value is -0.940. The lowest BCUT2D eigenvalue weighted by Gasteiger charge is -2.29. The van der Waals surface area contributed by atoms with E-state index in [1.165, 1.54) is 25.8 Å². The molecule has 1 unspecified atom stereocenters. The van der Waals surface area contributed by atoms with Gasteiger partial charge in [0.15, 0.2) is 0 Å². The molecule has 5 nitrogen and oxygen atoms in total. The van der Waals surface area contributed by atoms with E-state index >= 15 is 0 Å².